The minimum absolute atomic E-state index is 0.816. The fourth-order valence-corrected chi connectivity index (χ4v) is 2.93. The minimum Gasteiger partial charge on any atom is -0.378 e. The van der Waals surface area contributed by atoms with Crippen LogP contribution in [0.2, 0.25) is 0 Å². The van der Waals surface area contributed by atoms with Crippen LogP contribution in [-0.4, -0.2) is 31.3 Å². The van der Waals surface area contributed by atoms with Crippen molar-refractivity contribution in [3.05, 3.63) is 28.4 Å². The molecule has 0 saturated carbocycles. The van der Waals surface area contributed by atoms with E-state index in [2.05, 4.69) is 50.9 Å². The highest BCUT2D eigenvalue weighted by Gasteiger charge is 2.15. The molecule has 1 fully saturated rings. The molecule has 1 aromatic carbocycles. The minimum atomic E-state index is 0.816. The monoisotopic (exact) mass is 294 g/mol. The number of fused-ring (bicyclic) bond motifs is 1. The number of nitrogens with zero attached hydrogens (tertiary/aromatic N) is 1. The molecule has 3 nitrogen and oxygen atoms in total. The normalized spacial score (nSPS) is 16.7. The van der Waals surface area contributed by atoms with Crippen LogP contribution in [0.4, 0.5) is 5.69 Å². The summed E-state index contributed by atoms with van der Waals surface area (Å²) in [6, 6.07) is 6.59. The molecule has 1 saturated heterocycles. The summed E-state index contributed by atoms with van der Waals surface area (Å²) in [7, 11) is 0. The first kappa shape index (κ1) is 11.1. The number of anilines is 1. The van der Waals surface area contributed by atoms with Gasteiger partial charge < -0.3 is 14.6 Å². The van der Waals surface area contributed by atoms with Gasteiger partial charge in [0, 0.05) is 34.2 Å². The maximum absolute atomic E-state index is 5.39. The Balaban J connectivity index is 2.05. The molecule has 0 radical (unpaired) electrons. The third-order valence-electron chi connectivity index (χ3n) is 3.17. The zero-order valence-corrected chi connectivity index (χ0v) is 11.4. The Bertz CT molecular complexity index is 544. The van der Waals surface area contributed by atoms with Crippen LogP contribution in [0.15, 0.2) is 22.7 Å². The van der Waals surface area contributed by atoms with Crippen molar-refractivity contribution >= 4 is 32.5 Å². The molecule has 0 aliphatic carbocycles. The van der Waals surface area contributed by atoms with Crippen LogP contribution >= 0.6 is 15.9 Å². The van der Waals surface area contributed by atoms with Gasteiger partial charge in [-0.2, -0.15) is 0 Å². The lowest BCUT2D eigenvalue weighted by Crippen LogP contribution is -2.36. The fourth-order valence-electron chi connectivity index (χ4n) is 2.33. The van der Waals surface area contributed by atoms with Crippen LogP contribution in [0, 0.1) is 6.92 Å². The van der Waals surface area contributed by atoms with Gasteiger partial charge in [-0.05, 0) is 41.1 Å². The molecule has 90 valence electrons. The van der Waals surface area contributed by atoms with Crippen molar-refractivity contribution < 1.29 is 4.74 Å². The van der Waals surface area contributed by atoms with Crippen LogP contribution < -0.4 is 4.90 Å². The van der Waals surface area contributed by atoms with E-state index in [0.29, 0.717) is 0 Å². The van der Waals surface area contributed by atoms with E-state index < -0.39 is 0 Å². The Morgan fingerprint density at radius 1 is 1.24 bits per heavy atom. The van der Waals surface area contributed by atoms with Gasteiger partial charge in [0.15, 0.2) is 0 Å². The number of halogens is 1. The second-order valence-corrected chi connectivity index (χ2v) is 5.30. The summed E-state index contributed by atoms with van der Waals surface area (Å²) in [5, 5.41) is 1.27. The molecule has 1 aliphatic rings. The van der Waals surface area contributed by atoms with Crippen LogP contribution in [0.5, 0.6) is 0 Å². The van der Waals surface area contributed by atoms with E-state index in [9.17, 15) is 0 Å². The summed E-state index contributed by atoms with van der Waals surface area (Å²) in [6.45, 7) is 5.65. The standard InChI is InChI=1S/C13H15BrN2O/c1-9-6-10-7-13(11(14)8-12(10)15-9)16-2-4-17-5-3-16/h6-8,15H,2-5H2,1H3. The first-order chi connectivity index (χ1) is 8.24. The predicted molar refractivity (Wildman–Crippen MR) is 73.8 cm³/mol. The zero-order valence-electron chi connectivity index (χ0n) is 9.79. The van der Waals surface area contributed by atoms with Crippen molar-refractivity contribution in [2.45, 2.75) is 6.92 Å². The van der Waals surface area contributed by atoms with E-state index >= 15 is 0 Å². The molecule has 0 amide bonds. The number of nitrogens with one attached hydrogen (secondary N) is 1. The second-order valence-electron chi connectivity index (χ2n) is 4.44. The number of hydrogen-bond acceptors (Lipinski definition) is 2. The van der Waals surface area contributed by atoms with Crippen molar-refractivity contribution in [1.29, 1.82) is 0 Å². The topological polar surface area (TPSA) is 28.3 Å². The fraction of sp³-hybridized carbons (Fsp3) is 0.385. The van der Waals surface area contributed by atoms with E-state index in [1.165, 1.54) is 22.3 Å². The molecular weight excluding hydrogens is 280 g/mol. The van der Waals surface area contributed by atoms with Crippen molar-refractivity contribution in [1.82, 2.24) is 4.98 Å². The second kappa shape index (κ2) is 4.35. The van der Waals surface area contributed by atoms with Gasteiger partial charge >= 0.3 is 0 Å². The van der Waals surface area contributed by atoms with E-state index in [-0.39, 0.29) is 0 Å². The lowest BCUT2D eigenvalue weighted by atomic mass is 10.2. The zero-order chi connectivity index (χ0) is 11.8. The molecular formula is C13H15BrN2O. The number of ether oxygens (including phenoxy) is 1. The Hall–Kier alpha value is -1.00. The van der Waals surface area contributed by atoms with Crippen LogP contribution in [-0.2, 0) is 4.74 Å². The van der Waals surface area contributed by atoms with E-state index in [1.807, 2.05) is 0 Å². The van der Waals surface area contributed by atoms with Crippen LogP contribution in [0.3, 0.4) is 0 Å². The number of benzene rings is 1. The number of H-pyrrole nitrogens is 1. The van der Waals surface area contributed by atoms with Crippen molar-refractivity contribution in [3.8, 4) is 0 Å². The van der Waals surface area contributed by atoms with Gasteiger partial charge in [0.1, 0.15) is 0 Å². The molecule has 4 heteroatoms. The van der Waals surface area contributed by atoms with Gasteiger partial charge in [-0.1, -0.05) is 0 Å². The Morgan fingerprint density at radius 3 is 2.76 bits per heavy atom. The van der Waals surface area contributed by atoms with Crippen molar-refractivity contribution in [3.63, 3.8) is 0 Å². The van der Waals surface area contributed by atoms with E-state index in [1.54, 1.807) is 0 Å². The summed E-state index contributed by atoms with van der Waals surface area (Å²) < 4.78 is 6.54. The highest BCUT2D eigenvalue weighted by atomic mass is 79.9. The quantitative estimate of drug-likeness (QED) is 0.875. The Kier molecular flexibility index (Phi) is 2.84. The average molecular weight is 295 g/mol. The van der Waals surface area contributed by atoms with Gasteiger partial charge in [0.25, 0.3) is 0 Å². The highest BCUT2D eigenvalue weighted by Crippen LogP contribution is 2.32. The number of rotatable bonds is 1. The lowest BCUT2D eigenvalue weighted by molar-refractivity contribution is 0.122. The van der Waals surface area contributed by atoms with Gasteiger partial charge in [0.05, 0.1) is 18.9 Å². The number of aromatic nitrogens is 1. The molecule has 1 aliphatic heterocycles. The summed E-state index contributed by atoms with van der Waals surface area (Å²) in [5.74, 6) is 0. The third-order valence-corrected chi connectivity index (χ3v) is 3.81. The summed E-state index contributed by atoms with van der Waals surface area (Å²) in [4.78, 5) is 5.73. The Morgan fingerprint density at radius 2 is 2.00 bits per heavy atom. The van der Waals surface area contributed by atoms with Gasteiger partial charge in [-0.15, -0.1) is 0 Å². The molecule has 1 aromatic heterocycles. The molecule has 0 bridgehead atoms. The summed E-state index contributed by atoms with van der Waals surface area (Å²) in [5.41, 5.74) is 3.65. The predicted octanol–water partition coefficient (Wildman–Crippen LogP) is 3.08. The third kappa shape index (κ3) is 2.07. The van der Waals surface area contributed by atoms with Crippen LogP contribution in [0.1, 0.15) is 5.69 Å². The number of aromatic amines is 1. The maximum atomic E-state index is 5.39. The van der Waals surface area contributed by atoms with Gasteiger partial charge in [-0.3, -0.25) is 0 Å². The lowest BCUT2D eigenvalue weighted by Gasteiger charge is -2.29. The molecule has 0 spiro atoms. The van der Waals surface area contributed by atoms with Gasteiger partial charge in [0.2, 0.25) is 0 Å². The summed E-state index contributed by atoms with van der Waals surface area (Å²) in [6.07, 6.45) is 0. The van der Waals surface area contributed by atoms with Gasteiger partial charge in [-0.25, -0.2) is 0 Å². The largest absolute Gasteiger partial charge is 0.378 e. The number of aryl methyl sites for hydroxylation is 1. The number of hydrogen-bond donors (Lipinski definition) is 1. The first-order valence-corrected chi connectivity index (χ1v) is 6.65. The molecule has 1 N–H and O–H groups in total. The van der Waals surface area contributed by atoms with Crippen LogP contribution in [0.25, 0.3) is 10.9 Å². The molecule has 2 heterocycles. The highest BCUT2D eigenvalue weighted by molar-refractivity contribution is 9.10. The SMILES string of the molecule is Cc1cc2cc(N3CCOCC3)c(Br)cc2[nH]1. The van der Waals surface area contributed by atoms with E-state index in [4.69, 9.17) is 4.74 Å². The average Bonchev–Trinajstić information content (AvgIpc) is 2.68. The summed E-state index contributed by atoms with van der Waals surface area (Å²) >= 11 is 3.66. The van der Waals surface area contributed by atoms with Crippen molar-refractivity contribution in [2.24, 2.45) is 0 Å². The maximum Gasteiger partial charge on any atom is 0.0642 e. The molecule has 3 rings (SSSR count). The van der Waals surface area contributed by atoms with E-state index in [0.717, 1.165) is 30.8 Å². The molecule has 2 aromatic rings. The first-order valence-electron chi connectivity index (χ1n) is 5.85. The number of morpholine rings is 1. The smallest absolute Gasteiger partial charge is 0.0642 e. The molecule has 0 atom stereocenters. The van der Waals surface area contributed by atoms with Crippen molar-refractivity contribution in [2.75, 3.05) is 31.2 Å². The Labute approximate surface area is 109 Å². The molecule has 17 heavy (non-hydrogen) atoms. The molecule has 0 unspecified atom stereocenters.